The smallest absolute Gasteiger partial charge is 0.276 e. The molecule has 1 rings (SSSR count). The zero-order valence-electron chi connectivity index (χ0n) is 7.93. The molecule has 0 aliphatic carbocycles. The lowest BCUT2D eigenvalue weighted by atomic mass is 10.3. The number of alkyl halides is 2. The van der Waals surface area contributed by atoms with E-state index in [9.17, 15) is 8.78 Å². The number of pyridine rings is 1. The molecule has 3 N–H and O–H groups in total. The lowest BCUT2D eigenvalue weighted by molar-refractivity contribution is 0.0254. The summed E-state index contributed by atoms with van der Waals surface area (Å²) in [6.45, 7) is 0.698. The lowest BCUT2D eigenvalue weighted by Crippen LogP contribution is -2.35. The number of halogens is 2. The van der Waals surface area contributed by atoms with Gasteiger partial charge in [-0.05, 0) is 19.1 Å². The molecule has 0 atom stereocenters. The number of nitrogens with zero attached hydrogens (tertiary/aromatic N) is 1. The molecule has 0 aliphatic rings. The van der Waals surface area contributed by atoms with Crippen LogP contribution in [-0.2, 0) is 0 Å². The van der Waals surface area contributed by atoms with Crippen molar-refractivity contribution >= 4 is 5.69 Å². The SMILES string of the molecule is Cc1cc(NCC(F)(F)CN)ccn1. The van der Waals surface area contributed by atoms with Crippen LogP contribution < -0.4 is 11.1 Å². The fourth-order valence-corrected chi connectivity index (χ4v) is 0.959. The predicted molar refractivity (Wildman–Crippen MR) is 51.5 cm³/mol. The molecule has 78 valence electrons. The van der Waals surface area contributed by atoms with E-state index in [0.29, 0.717) is 5.69 Å². The highest BCUT2D eigenvalue weighted by Crippen LogP contribution is 2.13. The Morgan fingerprint density at radius 2 is 2.29 bits per heavy atom. The number of hydrogen-bond donors (Lipinski definition) is 2. The first-order valence-corrected chi connectivity index (χ1v) is 4.28. The summed E-state index contributed by atoms with van der Waals surface area (Å²) in [7, 11) is 0. The Bertz CT molecular complexity index is 302. The maximum atomic E-state index is 12.7. The summed E-state index contributed by atoms with van der Waals surface area (Å²) in [6, 6.07) is 3.34. The Morgan fingerprint density at radius 1 is 1.57 bits per heavy atom. The average molecular weight is 201 g/mol. The minimum absolute atomic E-state index is 0.451. The third-order valence-corrected chi connectivity index (χ3v) is 1.75. The lowest BCUT2D eigenvalue weighted by Gasteiger charge is -2.15. The quantitative estimate of drug-likeness (QED) is 0.774. The minimum Gasteiger partial charge on any atom is -0.379 e. The zero-order valence-corrected chi connectivity index (χ0v) is 7.93. The highest BCUT2D eigenvalue weighted by Gasteiger charge is 2.25. The van der Waals surface area contributed by atoms with E-state index in [4.69, 9.17) is 5.73 Å². The van der Waals surface area contributed by atoms with Crippen molar-refractivity contribution in [3.05, 3.63) is 24.0 Å². The number of nitrogens with one attached hydrogen (secondary N) is 1. The maximum Gasteiger partial charge on any atom is 0.276 e. The molecule has 1 aromatic heterocycles. The summed E-state index contributed by atoms with van der Waals surface area (Å²) in [4.78, 5) is 3.95. The topological polar surface area (TPSA) is 50.9 Å². The molecule has 0 saturated carbocycles. The van der Waals surface area contributed by atoms with E-state index in [0.717, 1.165) is 5.69 Å². The van der Waals surface area contributed by atoms with Crippen LogP contribution in [0.15, 0.2) is 18.3 Å². The van der Waals surface area contributed by atoms with Crippen molar-refractivity contribution in [2.24, 2.45) is 5.73 Å². The van der Waals surface area contributed by atoms with E-state index in [-0.39, 0.29) is 0 Å². The maximum absolute atomic E-state index is 12.7. The average Bonchev–Trinajstić information content (AvgIpc) is 2.15. The normalized spacial score (nSPS) is 11.4. The molecule has 14 heavy (non-hydrogen) atoms. The van der Waals surface area contributed by atoms with Gasteiger partial charge >= 0.3 is 0 Å². The van der Waals surface area contributed by atoms with E-state index in [1.807, 2.05) is 0 Å². The van der Waals surface area contributed by atoms with Gasteiger partial charge in [-0.25, -0.2) is 8.78 Å². The van der Waals surface area contributed by atoms with E-state index in [2.05, 4.69) is 10.3 Å². The van der Waals surface area contributed by atoms with E-state index >= 15 is 0 Å². The number of aromatic nitrogens is 1. The molecule has 0 radical (unpaired) electrons. The van der Waals surface area contributed by atoms with Gasteiger partial charge in [-0.3, -0.25) is 4.98 Å². The van der Waals surface area contributed by atoms with Crippen LogP contribution in [0.2, 0.25) is 0 Å². The van der Waals surface area contributed by atoms with E-state index in [1.54, 1.807) is 25.3 Å². The Labute approximate surface area is 81.3 Å². The first-order chi connectivity index (χ1) is 6.53. The van der Waals surface area contributed by atoms with Crippen LogP contribution in [0.3, 0.4) is 0 Å². The summed E-state index contributed by atoms with van der Waals surface area (Å²) < 4.78 is 25.5. The molecule has 0 spiro atoms. The van der Waals surface area contributed by atoms with Crippen molar-refractivity contribution in [1.29, 1.82) is 0 Å². The monoisotopic (exact) mass is 201 g/mol. The fourth-order valence-electron chi connectivity index (χ4n) is 0.959. The summed E-state index contributed by atoms with van der Waals surface area (Å²) >= 11 is 0. The molecule has 0 saturated heterocycles. The summed E-state index contributed by atoms with van der Waals surface area (Å²) in [6.07, 6.45) is 1.57. The largest absolute Gasteiger partial charge is 0.379 e. The van der Waals surface area contributed by atoms with Crippen molar-refractivity contribution in [3.63, 3.8) is 0 Å². The van der Waals surface area contributed by atoms with Gasteiger partial charge in [0, 0.05) is 17.6 Å². The second-order valence-electron chi connectivity index (χ2n) is 3.10. The molecule has 5 heteroatoms. The van der Waals surface area contributed by atoms with Crippen LogP contribution in [0.4, 0.5) is 14.5 Å². The van der Waals surface area contributed by atoms with Gasteiger partial charge in [0.15, 0.2) is 0 Å². The molecule has 0 unspecified atom stereocenters. The molecule has 0 aliphatic heterocycles. The Morgan fingerprint density at radius 3 is 2.86 bits per heavy atom. The second-order valence-corrected chi connectivity index (χ2v) is 3.10. The standard InChI is InChI=1S/C9H13F2N3/c1-7-4-8(2-3-13-7)14-6-9(10,11)5-12/h2-4H,5-6,12H2,1H3,(H,13,14). The van der Waals surface area contributed by atoms with Gasteiger partial charge < -0.3 is 11.1 Å². The van der Waals surface area contributed by atoms with Crippen LogP contribution in [0, 0.1) is 6.92 Å². The summed E-state index contributed by atoms with van der Waals surface area (Å²) in [5, 5.41) is 2.61. The zero-order chi connectivity index (χ0) is 10.6. The van der Waals surface area contributed by atoms with Gasteiger partial charge in [-0.1, -0.05) is 0 Å². The Hall–Kier alpha value is -1.23. The van der Waals surface area contributed by atoms with Crippen molar-refractivity contribution in [1.82, 2.24) is 4.98 Å². The third kappa shape index (κ3) is 3.26. The van der Waals surface area contributed by atoms with Crippen LogP contribution in [0.1, 0.15) is 5.69 Å². The molecule has 1 heterocycles. The molecule has 3 nitrogen and oxygen atoms in total. The first kappa shape index (κ1) is 10.8. The summed E-state index contributed by atoms with van der Waals surface area (Å²) in [5.74, 6) is -2.86. The van der Waals surface area contributed by atoms with Gasteiger partial charge in [0.05, 0.1) is 13.1 Å². The first-order valence-electron chi connectivity index (χ1n) is 4.28. The van der Waals surface area contributed by atoms with Gasteiger partial charge in [0.1, 0.15) is 0 Å². The van der Waals surface area contributed by atoms with Gasteiger partial charge in [-0.2, -0.15) is 0 Å². The highest BCUT2D eigenvalue weighted by atomic mass is 19.3. The summed E-state index contributed by atoms with van der Waals surface area (Å²) in [5.41, 5.74) is 6.31. The van der Waals surface area contributed by atoms with Gasteiger partial charge in [0.25, 0.3) is 5.92 Å². The van der Waals surface area contributed by atoms with Crippen molar-refractivity contribution in [2.75, 3.05) is 18.4 Å². The minimum atomic E-state index is -2.86. The second kappa shape index (κ2) is 4.32. The molecule has 0 bridgehead atoms. The van der Waals surface area contributed by atoms with Crippen molar-refractivity contribution in [2.45, 2.75) is 12.8 Å². The molecular weight excluding hydrogens is 188 g/mol. The molecule has 0 fully saturated rings. The molecule has 0 amide bonds. The van der Waals surface area contributed by atoms with Gasteiger partial charge in [0.2, 0.25) is 0 Å². The number of hydrogen-bond acceptors (Lipinski definition) is 3. The van der Waals surface area contributed by atoms with Crippen molar-refractivity contribution in [3.8, 4) is 0 Å². The third-order valence-electron chi connectivity index (χ3n) is 1.75. The molecule has 1 aromatic rings. The van der Waals surface area contributed by atoms with Crippen LogP contribution in [0.25, 0.3) is 0 Å². The van der Waals surface area contributed by atoms with Gasteiger partial charge in [-0.15, -0.1) is 0 Å². The van der Waals surface area contributed by atoms with E-state index in [1.165, 1.54) is 0 Å². The number of rotatable bonds is 4. The Kier molecular flexibility index (Phi) is 3.35. The molecule has 0 aromatic carbocycles. The predicted octanol–water partition coefficient (Wildman–Crippen LogP) is 1.40. The highest BCUT2D eigenvalue weighted by molar-refractivity contribution is 5.43. The number of nitrogens with two attached hydrogens (primary N) is 1. The number of aryl methyl sites for hydroxylation is 1. The Balaban J connectivity index is 2.54. The molecular formula is C9H13F2N3. The van der Waals surface area contributed by atoms with E-state index < -0.39 is 19.0 Å². The van der Waals surface area contributed by atoms with Crippen molar-refractivity contribution < 1.29 is 8.78 Å². The van der Waals surface area contributed by atoms with Crippen LogP contribution in [0.5, 0.6) is 0 Å². The number of anilines is 1. The van der Waals surface area contributed by atoms with Crippen LogP contribution >= 0.6 is 0 Å². The fraction of sp³-hybridized carbons (Fsp3) is 0.444. The van der Waals surface area contributed by atoms with Crippen LogP contribution in [-0.4, -0.2) is 24.0 Å².